The normalized spacial score (nSPS) is 10.5. The second-order valence-corrected chi connectivity index (χ2v) is 3.99. The molecule has 0 radical (unpaired) electrons. The van der Waals surface area contributed by atoms with E-state index in [0.29, 0.717) is 11.6 Å². The molecule has 0 unspecified atom stereocenters. The summed E-state index contributed by atoms with van der Waals surface area (Å²) in [4.78, 5) is 0. The molecule has 0 saturated carbocycles. The monoisotopic (exact) mass is 267 g/mol. The summed E-state index contributed by atoms with van der Waals surface area (Å²) in [5, 5.41) is 0. The largest absolute Gasteiger partial charge is 0.486 e. The van der Waals surface area contributed by atoms with Gasteiger partial charge in [-0.1, -0.05) is 12.1 Å². The van der Waals surface area contributed by atoms with Crippen molar-refractivity contribution in [3.8, 4) is 5.75 Å². The van der Waals surface area contributed by atoms with Crippen LogP contribution >= 0.6 is 0 Å². The molecule has 0 heterocycles. The van der Waals surface area contributed by atoms with E-state index >= 15 is 0 Å². The molecule has 2 rings (SSSR count). The molecular weight excluding hydrogens is 255 g/mol. The maximum absolute atomic E-state index is 13.6. The molecule has 0 saturated heterocycles. The minimum absolute atomic E-state index is 0.122. The summed E-state index contributed by atoms with van der Waals surface area (Å²) < 4.78 is 44.7. The van der Waals surface area contributed by atoms with Gasteiger partial charge in [0.25, 0.3) is 0 Å². The van der Waals surface area contributed by atoms with Crippen LogP contribution in [0.4, 0.5) is 13.2 Å². The van der Waals surface area contributed by atoms with Gasteiger partial charge in [0.15, 0.2) is 11.6 Å². The third-order valence-corrected chi connectivity index (χ3v) is 2.63. The molecule has 0 aliphatic rings. The van der Waals surface area contributed by atoms with Gasteiger partial charge in [0.1, 0.15) is 18.2 Å². The molecule has 0 bridgehead atoms. The van der Waals surface area contributed by atoms with E-state index in [4.69, 9.17) is 10.5 Å². The Morgan fingerprint density at radius 2 is 1.74 bits per heavy atom. The molecule has 2 nitrogen and oxygen atoms in total. The number of nitrogens with two attached hydrogens (primary N) is 1. The van der Waals surface area contributed by atoms with Gasteiger partial charge in [-0.05, 0) is 23.8 Å². The smallest absolute Gasteiger partial charge is 0.167 e. The van der Waals surface area contributed by atoms with Crippen LogP contribution in [0.15, 0.2) is 36.4 Å². The fraction of sp³-hybridized carbons (Fsp3) is 0.143. The molecule has 0 fully saturated rings. The maximum atomic E-state index is 13.6. The first-order valence-electron chi connectivity index (χ1n) is 5.65. The summed E-state index contributed by atoms with van der Waals surface area (Å²) in [6, 6.07) is 7.45. The highest BCUT2D eigenvalue weighted by Crippen LogP contribution is 2.20. The Bertz CT molecular complexity index is 587. The van der Waals surface area contributed by atoms with Gasteiger partial charge in [-0.15, -0.1) is 0 Å². The zero-order valence-electron chi connectivity index (χ0n) is 10.00. The van der Waals surface area contributed by atoms with Gasteiger partial charge in [0.2, 0.25) is 0 Å². The second kappa shape index (κ2) is 5.75. The zero-order chi connectivity index (χ0) is 13.8. The zero-order valence-corrected chi connectivity index (χ0v) is 10.00. The average molecular weight is 267 g/mol. The van der Waals surface area contributed by atoms with Gasteiger partial charge in [-0.25, -0.2) is 13.2 Å². The first-order valence-corrected chi connectivity index (χ1v) is 5.65. The van der Waals surface area contributed by atoms with E-state index in [2.05, 4.69) is 0 Å². The second-order valence-electron chi connectivity index (χ2n) is 3.99. The Morgan fingerprint density at radius 1 is 0.947 bits per heavy atom. The summed E-state index contributed by atoms with van der Waals surface area (Å²) in [7, 11) is 0. The quantitative estimate of drug-likeness (QED) is 0.923. The van der Waals surface area contributed by atoms with Crippen LogP contribution in [-0.2, 0) is 13.2 Å². The molecule has 0 aliphatic heterocycles. The number of hydrogen-bond acceptors (Lipinski definition) is 2. The SMILES string of the molecule is NCc1ccc(COc2ccc(F)cc2F)c(F)c1. The molecular formula is C14H12F3NO. The molecule has 0 amide bonds. The maximum Gasteiger partial charge on any atom is 0.167 e. The summed E-state index contributed by atoms with van der Waals surface area (Å²) in [6.45, 7) is 0.101. The molecule has 0 aromatic heterocycles. The molecule has 5 heteroatoms. The third-order valence-electron chi connectivity index (χ3n) is 2.63. The molecule has 2 N–H and O–H groups in total. The number of rotatable bonds is 4. The van der Waals surface area contributed by atoms with Crippen LogP contribution in [0, 0.1) is 17.5 Å². The first kappa shape index (κ1) is 13.4. The van der Waals surface area contributed by atoms with Gasteiger partial charge in [0, 0.05) is 18.2 Å². The van der Waals surface area contributed by atoms with Crippen LogP contribution in [0.25, 0.3) is 0 Å². The van der Waals surface area contributed by atoms with E-state index < -0.39 is 17.5 Å². The van der Waals surface area contributed by atoms with Gasteiger partial charge >= 0.3 is 0 Å². The first-order chi connectivity index (χ1) is 9.10. The summed E-state index contributed by atoms with van der Waals surface area (Å²) in [5.41, 5.74) is 6.32. The van der Waals surface area contributed by atoms with E-state index in [1.807, 2.05) is 0 Å². The number of benzene rings is 2. The van der Waals surface area contributed by atoms with Gasteiger partial charge in [-0.2, -0.15) is 0 Å². The van der Waals surface area contributed by atoms with Crippen molar-refractivity contribution in [2.24, 2.45) is 5.73 Å². The standard InChI is InChI=1S/C14H12F3NO/c15-11-3-4-14(13(17)6-11)19-8-10-2-1-9(7-18)5-12(10)16/h1-6H,7-8,18H2. The molecule has 19 heavy (non-hydrogen) atoms. The fourth-order valence-corrected chi connectivity index (χ4v) is 1.58. The van der Waals surface area contributed by atoms with Crippen molar-refractivity contribution in [2.75, 3.05) is 0 Å². The third kappa shape index (κ3) is 3.26. The van der Waals surface area contributed by atoms with Crippen molar-refractivity contribution >= 4 is 0 Å². The van der Waals surface area contributed by atoms with Crippen molar-refractivity contribution in [1.82, 2.24) is 0 Å². The lowest BCUT2D eigenvalue weighted by atomic mass is 10.1. The molecule has 0 spiro atoms. The van der Waals surface area contributed by atoms with Crippen LogP contribution < -0.4 is 10.5 Å². The van der Waals surface area contributed by atoms with Crippen LogP contribution in [0.2, 0.25) is 0 Å². The fourth-order valence-electron chi connectivity index (χ4n) is 1.58. The molecule has 2 aromatic carbocycles. The van der Waals surface area contributed by atoms with Crippen molar-refractivity contribution < 1.29 is 17.9 Å². The number of ether oxygens (including phenoxy) is 1. The number of hydrogen-bond donors (Lipinski definition) is 1. The lowest BCUT2D eigenvalue weighted by molar-refractivity contribution is 0.284. The minimum atomic E-state index is -0.820. The Morgan fingerprint density at radius 3 is 2.37 bits per heavy atom. The van der Waals surface area contributed by atoms with Gasteiger partial charge < -0.3 is 10.5 Å². The van der Waals surface area contributed by atoms with Gasteiger partial charge in [-0.3, -0.25) is 0 Å². The summed E-state index contributed by atoms with van der Waals surface area (Å²) in [5.74, 6) is -2.10. The van der Waals surface area contributed by atoms with E-state index in [9.17, 15) is 13.2 Å². The Labute approximate surface area is 108 Å². The van der Waals surface area contributed by atoms with E-state index in [0.717, 1.165) is 12.1 Å². The van der Waals surface area contributed by atoms with Crippen LogP contribution in [0.5, 0.6) is 5.75 Å². The average Bonchev–Trinajstić information content (AvgIpc) is 2.39. The van der Waals surface area contributed by atoms with E-state index in [1.165, 1.54) is 12.1 Å². The van der Waals surface area contributed by atoms with Crippen LogP contribution in [0.1, 0.15) is 11.1 Å². The van der Waals surface area contributed by atoms with Crippen molar-refractivity contribution in [3.63, 3.8) is 0 Å². The molecule has 0 aliphatic carbocycles. The van der Waals surface area contributed by atoms with Crippen LogP contribution in [0.3, 0.4) is 0 Å². The predicted octanol–water partition coefficient (Wildman–Crippen LogP) is 3.14. The predicted molar refractivity (Wildman–Crippen MR) is 65.0 cm³/mol. The highest BCUT2D eigenvalue weighted by atomic mass is 19.1. The highest BCUT2D eigenvalue weighted by Gasteiger charge is 2.08. The lowest BCUT2D eigenvalue weighted by Gasteiger charge is -2.09. The summed E-state index contributed by atoms with van der Waals surface area (Å²) >= 11 is 0. The highest BCUT2D eigenvalue weighted by molar-refractivity contribution is 5.27. The van der Waals surface area contributed by atoms with Crippen LogP contribution in [-0.4, -0.2) is 0 Å². The van der Waals surface area contributed by atoms with Crippen molar-refractivity contribution in [1.29, 1.82) is 0 Å². The van der Waals surface area contributed by atoms with Crippen molar-refractivity contribution in [3.05, 3.63) is 65.0 Å². The van der Waals surface area contributed by atoms with E-state index in [1.54, 1.807) is 6.07 Å². The molecule has 100 valence electrons. The Kier molecular flexibility index (Phi) is 4.06. The van der Waals surface area contributed by atoms with Gasteiger partial charge in [0.05, 0.1) is 0 Å². The molecule has 2 aromatic rings. The van der Waals surface area contributed by atoms with E-state index in [-0.39, 0.29) is 24.5 Å². The minimum Gasteiger partial charge on any atom is -0.486 e. The Balaban J connectivity index is 2.10. The number of halogens is 3. The molecule has 0 atom stereocenters. The Hall–Kier alpha value is -2.01. The summed E-state index contributed by atoms with van der Waals surface area (Å²) in [6.07, 6.45) is 0. The topological polar surface area (TPSA) is 35.2 Å². The lowest BCUT2D eigenvalue weighted by Crippen LogP contribution is -2.03. The van der Waals surface area contributed by atoms with Crippen molar-refractivity contribution in [2.45, 2.75) is 13.2 Å².